The van der Waals surface area contributed by atoms with Crippen LogP contribution in [0.1, 0.15) is 16.8 Å². The fourth-order valence-electron chi connectivity index (χ4n) is 3.63. The van der Waals surface area contributed by atoms with Crippen LogP contribution >= 0.6 is 23.4 Å². The van der Waals surface area contributed by atoms with Crippen LogP contribution in [0.3, 0.4) is 0 Å². The molecule has 0 aliphatic heterocycles. The molecule has 0 aliphatic carbocycles. The second-order valence-corrected chi connectivity index (χ2v) is 8.87. The van der Waals surface area contributed by atoms with Crippen molar-refractivity contribution in [1.82, 2.24) is 29.1 Å². The molecule has 0 spiro atoms. The number of pyridine rings is 2. The van der Waals surface area contributed by atoms with Crippen LogP contribution in [0.4, 0.5) is 0 Å². The minimum absolute atomic E-state index is 0.107. The van der Waals surface area contributed by atoms with Gasteiger partial charge in [-0.25, -0.2) is 4.98 Å². The van der Waals surface area contributed by atoms with Gasteiger partial charge < -0.3 is 0 Å². The van der Waals surface area contributed by atoms with E-state index in [9.17, 15) is 4.79 Å². The van der Waals surface area contributed by atoms with Gasteiger partial charge in [0.2, 0.25) is 0 Å². The molecule has 1 aromatic carbocycles. The van der Waals surface area contributed by atoms with E-state index in [1.807, 2.05) is 60.9 Å². The first-order valence-electron chi connectivity index (χ1n) is 10.2. The smallest absolute Gasteiger partial charge is 0.258 e. The molecule has 33 heavy (non-hydrogen) atoms. The summed E-state index contributed by atoms with van der Waals surface area (Å²) >= 11 is 7.89. The number of halogens is 1. The van der Waals surface area contributed by atoms with Crippen molar-refractivity contribution in [2.24, 2.45) is 0 Å². The van der Waals surface area contributed by atoms with Crippen LogP contribution in [-0.2, 0) is 5.75 Å². The number of aryl methyl sites for hydroxylation is 1. The molecule has 0 radical (unpaired) electrons. The van der Waals surface area contributed by atoms with Crippen LogP contribution in [0.15, 0.2) is 77.1 Å². The molecule has 0 saturated carbocycles. The van der Waals surface area contributed by atoms with Crippen LogP contribution in [-0.4, -0.2) is 29.1 Å². The molecule has 0 amide bonds. The summed E-state index contributed by atoms with van der Waals surface area (Å²) in [5, 5.41) is 10.3. The van der Waals surface area contributed by atoms with E-state index in [4.69, 9.17) is 16.6 Å². The maximum atomic E-state index is 12.6. The van der Waals surface area contributed by atoms with Gasteiger partial charge in [0.15, 0.2) is 11.0 Å². The van der Waals surface area contributed by atoms with Gasteiger partial charge in [0.25, 0.3) is 5.56 Å². The predicted octanol–water partition coefficient (Wildman–Crippen LogP) is 4.90. The Hall–Kier alpha value is -3.49. The van der Waals surface area contributed by atoms with Crippen molar-refractivity contribution >= 4 is 29.0 Å². The van der Waals surface area contributed by atoms with E-state index in [1.54, 1.807) is 29.1 Å². The lowest BCUT2D eigenvalue weighted by Gasteiger charge is -2.14. The lowest BCUT2D eigenvalue weighted by molar-refractivity contribution is 0.879. The first-order valence-corrected chi connectivity index (χ1v) is 11.6. The van der Waals surface area contributed by atoms with E-state index in [0.29, 0.717) is 33.1 Å². The Kier molecular flexibility index (Phi) is 5.70. The van der Waals surface area contributed by atoms with Crippen LogP contribution < -0.4 is 5.56 Å². The fourth-order valence-corrected chi connectivity index (χ4v) is 4.64. The highest BCUT2D eigenvalue weighted by molar-refractivity contribution is 7.98. The maximum absolute atomic E-state index is 12.6. The minimum atomic E-state index is -0.107. The van der Waals surface area contributed by atoms with E-state index in [2.05, 4.69) is 15.2 Å². The molecule has 4 heterocycles. The molecular formula is C24H19ClN6OS. The molecule has 4 aromatic heterocycles. The van der Waals surface area contributed by atoms with Crippen molar-refractivity contribution in [3.05, 3.63) is 99.3 Å². The average molecular weight is 475 g/mol. The number of rotatable bonds is 5. The van der Waals surface area contributed by atoms with E-state index in [0.717, 1.165) is 22.4 Å². The van der Waals surface area contributed by atoms with Gasteiger partial charge in [0, 0.05) is 41.0 Å². The standard InChI is InChI=1S/C24H19ClN6OS/c1-15-5-4-12-30-21(32)13-18(27-22(15)30)14-33-24-29-28-23(17-8-10-26-11-9-17)31(24)20-7-3-6-19(25)16(20)2/h3-13H,14H2,1-2H3. The van der Waals surface area contributed by atoms with Crippen molar-refractivity contribution in [3.8, 4) is 17.1 Å². The first kappa shape index (κ1) is 21.4. The molecule has 0 aliphatic rings. The number of thioether (sulfide) groups is 1. The van der Waals surface area contributed by atoms with Gasteiger partial charge in [-0.1, -0.05) is 35.5 Å². The number of hydrogen-bond acceptors (Lipinski definition) is 6. The molecular weight excluding hydrogens is 456 g/mol. The molecule has 0 unspecified atom stereocenters. The molecule has 5 aromatic rings. The first-order chi connectivity index (χ1) is 16.0. The monoisotopic (exact) mass is 474 g/mol. The molecule has 7 nitrogen and oxygen atoms in total. The zero-order valence-electron chi connectivity index (χ0n) is 17.9. The highest BCUT2D eigenvalue weighted by atomic mass is 35.5. The summed E-state index contributed by atoms with van der Waals surface area (Å²) in [5.41, 5.74) is 4.88. The van der Waals surface area contributed by atoms with Gasteiger partial charge in [-0.05, 0) is 55.3 Å². The summed E-state index contributed by atoms with van der Waals surface area (Å²) in [6.45, 7) is 3.91. The van der Waals surface area contributed by atoms with Crippen molar-refractivity contribution < 1.29 is 0 Å². The lowest BCUT2D eigenvalue weighted by atomic mass is 10.2. The third-order valence-corrected chi connectivity index (χ3v) is 6.71. The predicted molar refractivity (Wildman–Crippen MR) is 130 cm³/mol. The molecule has 5 rings (SSSR count). The van der Waals surface area contributed by atoms with Crippen LogP contribution in [0.25, 0.3) is 22.7 Å². The number of hydrogen-bond donors (Lipinski definition) is 0. The Morgan fingerprint density at radius 1 is 1.03 bits per heavy atom. The Morgan fingerprint density at radius 3 is 2.67 bits per heavy atom. The van der Waals surface area contributed by atoms with Crippen molar-refractivity contribution in [2.45, 2.75) is 24.8 Å². The second kappa shape index (κ2) is 8.80. The SMILES string of the molecule is Cc1c(Cl)cccc1-n1c(SCc2cc(=O)n3cccc(C)c3n2)nnc1-c1ccncc1. The number of aromatic nitrogens is 6. The third-order valence-electron chi connectivity index (χ3n) is 5.34. The summed E-state index contributed by atoms with van der Waals surface area (Å²) < 4.78 is 3.54. The highest BCUT2D eigenvalue weighted by Gasteiger charge is 2.19. The summed E-state index contributed by atoms with van der Waals surface area (Å²) in [7, 11) is 0. The van der Waals surface area contributed by atoms with Crippen molar-refractivity contribution in [2.75, 3.05) is 0 Å². The van der Waals surface area contributed by atoms with E-state index in [1.165, 1.54) is 11.8 Å². The molecule has 0 bridgehead atoms. The van der Waals surface area contributed by atoms with Crippen molar-refractivity contribution in [3.63, 3.8) is 0 Å². The Morgan fingerprint density at radius 2 is 1.85 bits per heavy atom. The zero-order valence-corrected chi connectivity index (χ0v) is 19.5. The van der Waals surface area contributed by atoms with Crippen molar-refractivity contribution in [1.29, 1.82) is 0 Å². The van der Waals surface area contributed by atoms with Gasteiger partial charge in [-0.3, -0.25) is 18.7 Å². The molecule has 164 valence electrons. The van der Waals surface area contributed by atoms with Crippen LogP contribution in [0.5, 0.6) is 0 Å². The summed E-state index contributed by atoms with van der Waals surface area (Å²) in [4.78, 5) is 21.4. The Balaban J connectivity index is 1.57. The number of nitrogens with zero attached hydrogens (tertiary/aromatic N) is 6. The van der Waals surface area contributed by atoms with Crippen LogP contribution in [0, 0.1) is 13.8 Å². The minimum Gasteiger partial charge on any atom is -0.270 e. The van der Waals surface area contributed by atoms with Gasteiger partial charge in [0.1, 0.15) is 5.65 Å². The zero-order chi connectivity index (χ0) is 22.9. The quantitative estimate of drug-likeness (QED) is 0.337. The number of benzene rings is 1. The van der Waals surface area contributed by atoms with Crippen LogP contribution in [0.2, 0.25) is 5.02 Å². The van der Waals surface area contributed by atoms with E-state index < -0.39 is 0 Å². The molecule has 9 heteroatoms. The topological polar surface area (TPSA) is 78.0 Å². The maximum Gasteiger partial charge on any atom is 0.258 e. The molecule has 0 atom stereocenters. The fraction of sp³-hybridized carbons (Fsp3) is 0.125. The summed E-state index contributed by atoms with van der Waals surface area (Å²) in [6.07, 6.45) is 5.18. The van der Waals surface area contributed by atoms with E-state index in [-0.39, 0.29) is 5.56 Å². The third kappa shape index (κ3) is 4.03. The second-order valence-electron chi connectivity index (χ2n) is 7.52. The summed E-state index contributed by atoms with van der Waals surface area (Å²) in [6, 6.07) is 14.9. The summed E-state index contributed by atoms with van der Waals surface area (Å²) in [5.74, 6) is 1.15. The van der Waals surface area contributed by atoms with Gasteiger partial charge >= 0.3 is 0 Å². The normalized spacial score (nSPS) is 11.2. The van der Waals surface area contributed by atoms with Gasteiger partial charge in [-0.15, -0.1) is 10.2 Å². The number of fused-ring (bicyclic) bond motifs is 1. The molecule has 0 fully saturated rings. The van der Waals surface area contributed by atoms with Gasteiger partial charge in [-0.2, -0.15) is 0 Å². The molecule has 0 N–H and O–H groups in total. The largest absolute Gasteiger partial charge is 0.270 e. The Bertz CT molecular complexity index is 1530. The van der Waals surface area contributed by atoms with E-state index >= 15 is 0 Å². The molecule has 0 saturated heterocycles. The van der Waals surface area contributed by atoms with Gasteiger partial charge in [0.05, 0.1) is 11.4 Å². The highest BCUT2D eigenvalue weighted by Crippen LogP contribution is 2.32. The average Bonchev–Trinajstić information content (AvgIpc) is 3.24. The lowest BCUT2D eigenvalue weighted by Crippen LogP contribution is -2.15. The Labute approximate surface area is 199 Å².